The standard InChI is InChI=1S/C15H23N3O3S/c1-12(19)17-13(14-3-2-10-22-14)11-15(20)16-4-5-18-6-8-21-9-7-18/h2-3,10,13H,4-9,11H2,1H3,(H,16,20)(H,17,19)/t13-/m0/s1. The second-order valence-electron chi connectivity index (χ2n) is 5.28. The summed E-state index contributed by atoms with van der Waals surface area (Å²) in [5.41, 5.74) is 0. The molecule has 0 aliphatic carbocycles. The first-order valence-electron chi connectivity index (χ1n) is 7.52. The van der Waals surface area contributed by atoms with E-state index in [0.717, 1.165) is 37.7 Å². The van der Waals surface area contributed by atoms with Gasteiger partial charge < -0.3 is 15.4 Å². The molecule has 1 fully saturated rings. The second-order valence-corrected chi connectivity index (χ2v) is 6.26. The zero-order valence-electron chi connectivity index (χ0n) is 12.8. The number of nitrogens with zero attached hydrogens (tertiary/aromatic N) is 1. The maximum absolute atomic E-state index is 12.1. The minimum absolute atomic E-state index is 0.0413. The number of morpholine rings is 1. The van der Waals surface area contributed by atoms with Crippen molar-refractivity contribution in [3.05, 3.63) is 22.4 Å². The molecule has 1 aliphatic rings. The summed E-state index contributed by atoms with van der Waals surface area (Å²) in [5.74, 6) is -0.167. The van der Waals surface area contributed by atoms with E-state index in [2.05, 4.69) is 15.5 Å². The number of thiophene rings is 1. The molecular formula is C15H23N3O3S. The summed E-state index contributed by atoms with van der Waals surface area (Å²) in [7, 11) is 0. The molecule has 6 nitrogen and oxygen atoms in total. The van der Waals surface area contributed by atoms with Crippen LogP contribution >= 0.6 is 11.3 Å². The van der Waals surface area contributed by atoms with Gasteiger partial charge in [-0.3, -0.25) is 14.5 Å². The van der Waals surface area contributed by atoms with Crippen LogP contribution in [0.25, 0.3) is 0 Å². The third kappa shape index (κ3) is 5.75. The molecular weight excluding hydrogens is 302 g/mol. The third-order valence-electron chi connectivity index (χ3n) is 3.51. The number of carbonyl (C=O) groups excluding carboxylic acids is 2. The van der Waals surface area contributed by atoms with Crippen LogP contribution in [0, 0.1) is 0 Å². The van der Waals surface area contributed by atoms with Gasteiger partial charge in [-0.2, -0.15) is 0 Å². The van der Waals surface area contributed by atoms with E-state index in [1.807, 2.05) is 17.5 Å². The maximum atomic E-state index is 12.1. The van der Waals surface area contributed by atoms with Crippen LogP contribution in [0.2, 0.25) is 0 Å². The molecule has 2 rings (SSSR count). The molecule has 7 heteroatoms. The van der Waals surface area contributed by atoms with Gasteiger partial charge in [0.15, 0.2) is 0 Å². The molecule has 1 aliphatic heterocycles. The van der Waals surface area contributed by atoms with Crippen molar-refractivity contribution in [3.8, 4) is 0 Å². The molecule has 122 valence electrons. The first-order valence-corrected chi connectivity index (χ1v) is 8.40. The lowest BCUT2D eigenvalue weighted by Gasteiger charge is -2.26. The lowest BCUT2D eigenvalue weighted by molar-refractivity contribution is -0.122. The van der Waals surface area contributed by atoms with Crippen molar-refractivity contribution < 1.29 is 14.3 Å². The van der Waals surface area contributed by atoms with Gasteiger partial charge in [0.1, 0.15) is 0 Å². The summed E-state index contributed by atoms with van der Waals surface area (Å²) in [5, 5.41) is 7.71. The van der Waals surface area contributed by atoms with Crippen LogP contribution < -0.4 is 10.6 Å². The average Bonchev–Trinajstić information content (AvgIpc) is 3.01. The van der Waals surface area contributed by atoms with Gasteiger partial charge in [-0.1, -0.05) is 6.07 Å². The smallest absolute Gasteiger partial charge is 0.222 e. The quantitative estimate of drug-likeness (QED) is 0.777. The molecule has 0 saturated carbocycles. The molecule has 0 unspecified atom stereocenters. The van der Waals surface area contributed by atoms with Gasteiger partial charge in [0.25, 0.3) is 0 Å². The summed E-state index contributed by atoms with van der Waals surface area (Å²) in [6, 6.07) is 3.61. The van der Waals surface area contributed by atoms with E-state index in [1.165, 1.54) is 6.92 Å². The van der Waals surface area contributed by atoms with Crippen LogP contribution in [-0.4, -0.2) is 56.1 Å². The van der Waals surface area contributed by atoms with Crippen LogP contribution in [-0.2, 0) is 14.3 Å². The summed E-state index contributed by atoms with van der Waals surface area (Å²) in [6.07, 6.45) is 0.267. The van der Waals surface area contributed by atoms with Gasteiger partial charge in [0.05, 0.1) is 25.7 Å². The minimum atomic E-state index is -0.249. The van der Waals surface area contributed by atoms with E-state index < -0.39 is 0 Å². The molecule has 22 heavy (non-hydrogen) atoms. The van der Waals surface area contributed by atoms with Crippen molar-refractivity contribution in [1.82, 2.24) is 15.5 Å². The van der Waals surface area contributed by atoms with Crippen molar-refractivity contribution >= 4 is 23.2 Å². The van der Waals surface area contributed by atoms with E-state index in [0.29, 0.717) is 6.54 Å². The van der Waals surface area contributed by atoms with Crippen molar-refractivity contribution in [2.75, 3.05) is 39.4 Å². The Bertz CT molecular complexity index is 472. The van der Waals surface area contributed by atoms with Gasteiger partial charge in [-0.05, 0) is 11.4 Å². The van der Waals surface area contributed by atoms with Gasteiger partial charge in [-0.25, -0.2) is 0 Å². The highest BCUT2D eigenvalue weighted by atomic mass is 32.1. The van der Waals surface area contributed by atoms with Crippen molar-refractivity contribution in [3.63, 3.8) is 0 Å². The minimum Gasteiger partial charge on any atom is -0.379 e. The highest BCUT2D eigenvalue weighted by molar-refractivity contribution is 7.10. The van der Waals surface area contributed by atoms with Gasteiger partial charge in [0.2, 0.25) is 11.8 Å². The number of ether oxygens (including phenoxy) is 1. The van der Waals surface area contributed by atoms with E-state index in [1.54, 1.807) is 11.3 Å². The molecule has 0 spiro atoms. The van der Waals surface area contributed by atoms with Crippen LogP contribution in [0.3, 0.4) is 0 Å². The number of hydrogen-bond acceptors (Lipinski definition) is 5. The lowest BCUT2D eigenvalue weighted by atomic mass is 10.1. The predicted octanol–water partition coefficient (Wildman–Crippen LogP) is 0.764. The molecule has 0 bridgehead atoms. The zero-order chi connectivity index (χ0) is 15.8. The van der Waals surface area contributed by atoms with E-state index >= 15 is 0 Å². The fraction of sp³-hybridized carbons (Fsp3) is 0.600. The first-order chi connectivity index (χ1) is 10.6. The molecule has 0 radical (unpaired) electrons. The molecule has 2 amide bonds. The Labute approximate surface area is 134 Å². The summed E-state index contributed by atoms with van der Waals surface area (Å²) < 4.78 is 5.29. The monoisotopic (exact) mass is 325 g/mol. The fourth-order valence-corrected chi connectivity index (χ4v) is 3.17. The van der Waals surface area contributed by atoms with Crippen LogP contribution in [0.4, 0.5) is 0 Å². The Morgan fingerprint density at radius 3 is 2.82 bits per heavy atom. The molecule has 1 atom stereocenters. The van der Waals surface area contributed by atoms with Crippen LogP contribution in [0.1, 0.15) is 24.3 Å². The zero-order valence-corrected chi connectivity index (χ0v) is 13.7. The number of amides is 2. The highest BCUT2D eigenvalue weighted by Crippen LogP contribution is 2.21. The normalized spacial score (nSPS) is 17.0. The fourth-order valence-electron chi connectivity index (χ4n) is 2.39. The largest absolute Gasteiger partial charge is 0.379 e. The summed E-state index contributed by atoms with van der Waals surface area (Å²) >= 11 is 1.54. The van der Waals surface area contributed by atoms with E-state index in [-0.39, 0.29) is 24.3 Å². The summed E-state index contributed by atoms with van der Waals surface area (Å²) in [4.78, 5) is 26.6. The Balaban J connectivity index is 1.74. The average molecular weight is 325 g/mol. The Hall–Kier alpha value is -1.44. The van der Waals surface area contributed by atoms with Gasteiger partial charge in [-0.15, -0.1) is 11.3 Å². The maximum Gasteiger partial charge on any atom is 0.222 e. The number of carbonyl (C=O) groups is 2. The highest BCUT2D eigenvalue weighted by Gasteiger charge is 2.18. The molecule has 0 aromatic carbocycles. The molecule has 1 saturated heterocycles. The van der Waals surface area contributed by atoms with Crippen LogP contribution in [0.5, 0.6) is 0 Å². The van der Waals surface area contributed by atoms with Gasteiger partial charge >= 0.3 is 0 Å². The third-order valence-corrected chi connectivity index (χ3v) is 4.49. The van der Waals surface area contributed by atoms with Crippen molar-refractivity contribution in [2.45, 2.75) is 19.4 Å². The van der Waals surface area contributed by atoms with Crippen LogP contribution in [0.15, 0.2) is 17.5 Å². The predicted molar refractivity (Wildman–Crippen MR) is 85.8 cm³/mol. The Kier molecular flexibility index (Phi) is 6.82. The number of nitrogens with one attached hydrogen (secondary N) is 2. The Morgan fingerprint density at radius 2 is 2.18 bits per heavy atom. The molecule has 2 N–H and O–H groups in total. The van der Waals surface area contributed by atoms with E-state index in [9.17, 15) is 9.59 Å². The van der Waals surface area contributed by atoms with Crippen molar-refractivity contribution in [2.24, 2.45) is 0 Å². The first kappa shape index (κ1) is 16.9. The molecule has 1 aromatic rings. The lowest BCUT2D eigenvalue weighted by Crippen LogP contribution is -2.41. The topological polar surface area (TPSA) is 70.7 Å². The van der Waals surface area contributed by atoms with Gasteiger partial charge in [0, 0.05) is 38.0 Å². The Morgan fingerprint density at radius 1 is 1.41 bits per heavy atom. The molecule has 1 aromatic heterocycles. The number of hydrogen-bond donors (Lipinski definition) is 2. The second kappa shape index (κ2) is 8.87. The SMILES string of the molecule is CC(=O)N[C@@H](CC(=O)NCCN1CCOCC1)c1cccs1. The summed E-state index contributed by atoms with van der Waals surface area (Å²) in [6.45, 7) is 6.28. The van der Waals surface area contributed by atoms with E-state index in [4.69, 9.17) is 4.74 Å². The molecule has 2 heterocycles. The van der Waals surface area contributed by atoms with Crippen molar-refractivity contribution in [1.29, 1.82) is 0 Å². The number of rotatable bonds is 7.